The lowest BCUT2D eigenvalue weighted by molar-refractivity contribution is -0.131. The van der Waals surface area contributed by atoms with Gasteiger partial charge in [0.1, 0.15) is 0 Å². The first-order valence-electron chi connectivity index (χ1n) is 4.63. The number of alkyl halides is 2. The highest BCUT2D eigenvalue weighted by Crippen LogP contribution is 2.05. The Morgan fingerprint density at radius 1 is 1.60 bits per heavy atom. The van der Waals surface area contributed by atoms with Gasteiger partial charge in [-0.15, -0.1) is 0 Å². The summed E-state index contributed by atoms with van der Waals surface area (Å²) in [7, 11) is 0. The van der Waals surface area contributed by atoms with Crippen molar-refractivity contribution in [3.63, 3.8) is 0 Å². The fourth-order valence-electron chi connectivity index (χ4n) is 1.20. The fraction of sp³-hybridized carbons (Fsp3) is 0.400. The number of hydrogen-bond donors (Lipinski definition) is 1. The van der Waals surface area contributed by atoms with Gasteiger partial charge in [-0.3, -0.25) is 9.78 Å². The molecule has 0 fully saturated rings. The van der Waals surface area contributed by atoms with Gasteiger partial charge in [0, 0.05) is 6.20 Å². The van der Waals surface area contributed by atoms with Gasteiger partial charge in [-0.25, -0.2) is 0 Å². The van der Waals surface area contributed by atoms with Gasteiger partial charge in [-0.2, -0.15) is 8.78 Å². The Morgan fingerprint density at radius 2 is 2.33 bits per heavy atom. The minimum absolute atomic E-state index is 0.0488. The van der Waals surface area contributed by atoms with E-state index in [1.165, 1.54) is 0 Å². The summed E-state index contributed by atoms with van der Waals surface area (Å²) in [5, 5.41) is 2.12. The number of hydrogen-bond acceptors (Lipinski definition) is 2. The van der Waals surface area contributed by atoms with Gasteiger partial charge in [0.25, 0.3) is 5.91 Å². The number of rotatable bonds is 4. The number of halogens is 2. The van der Waals surface area contributed by atoms with E-state index in [1.807, 2.05) is 13.0 Å². The molecule has 82 valence electrons. The minimum atomic E-state index is -2.97. The zero-order chi connectivity index (χ0) is 11.3. The first-order valence-corrected chi connectivity index (χ1v) is 4.63. The fourth-order valence-corrected chi connectivity index (χ4v) is 1.20. The van der Waals surface area contributed by atoms with Gasteiger partial charge >= 0.3 is 6.43 Å². The predicted octanol–water partition coefficient (Wildman–Crippen LogP) is 1.53. The molecule has 0 radical (unpaired) electrons. The second-order valence-electron chi connectivity index (χ2n) is 2.98. The summed E-state index contributed by atoms with van der Waals surface area (Å²) in [5.41, 5.74) is 1.58. The Hall–Kier alpha value is -1.52. The number of nitrogens with one attached hydrogen (secondary N) is 1. The van der Waals surface area contributed by atoms with E-state index in [0.717, 1.165) is 12.0 Å². The molecule has 0 aliphatic heterocycles. The van der Waals surface area contributed by atoms with Crippen LogP contribution in [0.3, 0.4) is 0 Å². The van der Waals surface area contributed by atoms with Crippen LogP contribution in [0.1, 0.15) is 18.2 Å². The second kappa shape index (κ2) is 5.38. The molecule has 0 saturated heterocycles. The summed E-state index contributed by atoms with van der Waals surface area (Å²) in [6, 6.07) is 3.63. The molecule has 0 atom stereocenters. The third kappa shape index (κ3) is 3.27. The molecular weight excluding hydrogens is 202 g/mol. The molecule has 0 aliphatic rings. The summed E-state index contributed by atoms with van der Waals surface area (Å²) >= 11 is 0. The van der Waals surface area contributed by atoms with E-state index < -0.39 is 12.3 Å². The molecule has 0 aromatic carbocycles. The summed E-state index contributed by atoms with van der Waals surface area (Å²) in [5.74, 6) is -1.26. The molecule has 0 spiro atoms. The molecule has 0 bridgehead atoms. The average molecular weight is 214 g/mol. The SMILES string of the molecule is CCc1cccnc1CNC(=O)C(F)F. The summed E-state index contributed by atoms with van der Waals surface area (Å²) < 4.78 is 23.8. The van der Waals surface area contributed by atoms with E-state index in [1.54, 1.807) is 12.3 Å². The zero-order valence-electron chi connectivity index (χ0n) is 8.34. The summed E-state index contributed by atoms with van der Waals surface area (Å²) in [6.07, 6.45) is -0.643. The third-order valence-corrected chi connectivity index (χ3v) is 1.99. The molecular formula is C10H12F2N2O. The first kappa shape index (κ1) is 11.6. The Morgan fingerprint density at radius 3 is 2.93 bits per heavy atom. The molecule has 1 rings (SSSR count). The number of aryl methyl sites for hydroxylation is 1. The van der Waals surface area contributed by atoms with Crippen LogP contribution in [0.25, 0.3) is 0 Å². The lowest BCUT2D eigenvalue weighted by Crippen LogP contribution is -2.29. The Kier molecular flexibility index (Phi) is 4.15. The highest BCUT2D eigenvalue weighted by molar-refractivity contribution is 5.78. The van der Waals surface area contributed by atoms with Crippen LogP contribution in [0.5, 0.6) is 0 Å². The number of aromatic nitrogens is 1. The minimum Gasteiger partial charge on any atom is -0.345 e. The number of nitrogens with zero attached hydrogens (tertiary/aromatic N) is 1. The van der Waals surface area contributed by atoms with Gasteiger partial charge in [0.05, 0.1) is 12.2 Å². The van der Waals surface area contributed by atoms with Crippen LogP contribution in [0.2, 0.25) is 0 Å². The van der Waals surface area contributed by atoms with E-state index >= 15 is 0 Å². The van der Waals surface area contributed by atoms with Crippen LogP contribution in [0, 0.1) is 0 Å². The lowest BCUT2D eigenvalue weighted by Gasteiger charge is -2.07. The van der Waals surface area contributed by atoms with Crippen molar-refractivity contribution in [2.24, 2.45) is 0 Å². The summed E-state index contributed by atoms with van der Waals surface area (Å²) in [4.78, 5) is 14.6. The quantitative estimate of drug-likeness (QED) is 0.825. The molecule has 0 aliphatic carbocycles. The van der Waals surface area contributed by atoms with Crippen molar-refractivity contribution >= 4 is 5.91 Å². The first-order chi connectivity index (χ1) is 7.15. The highest BCUT2D eigenvalue weighted by Gasteiger charge is 2.14. The van der Waals surface area contributed by atoms with Crippen molar-refractivity contribution < 1.29 is 13.6 Å². The van der Waals surface area contributed by atoms with Crippen molar-refractivity contribution in [3.8, 4) is 0 Å². The zero-order valence-corrected chi connectivity index (χ0v) is 8.34. The Bertz CT molecular complexity index is 342. The molecule has 1 heterocycles. The lowest BCUT2D eigenvalue weighted by atomic mass is 10.1. The number of pyridine rings is 1. The maximum absolute atomic E-state index is 11.9. The van der Waals surface area contributed by atoms with Crippen molar-refractivity contribution in [2.45, 2.75) is 26.3 Å². The van der Waals surface area contributed by atoms with E-state index in [-0.39, 0.29) is 6.54 Å². The molecule has 1 amide bonds. The van der Waals surface area contributed by atoms with Crippen molar-refractivity contribution in [2.75, 3.05) is 0 Å². The van der Waals surface area contributed by atoms with Crippen molar-refractivity contribution in [1.29, 1.82) is 0 Å². The Labute approximate surface area is 86.5 Å². The second-order valence-corrected chi connectivity index (χ2v) is 2.98. The average Bonchev–Trinajstić information content (AvgIpc) is 2.26. The van der Waals surface area contributed by atoms with Gasteiger partial charge in [-0.05, 0) is 18.1 Å². The van der Waals surface area contributed by atoms with Crippen LogP contribution in [0.15, 0.2) is 18.3 Å². The molecule has 3 nitrogen and oxygen atoms in total. The maximum Gasteiger partial charge on any atom is 0.315 e. The highest BCUT2D eigenvalue weighted by atomic mass is 19.3. The van der Waals surface area contributed by atoms with Crippen LogP contribution < -0.4 is 5.32 Å². The van der Waals surface area contributed by atoms with Crippen LogP contribution in [0.4, 0.5) is 8.78 Å². The number of carbonyl (C=O) groups excluding carboxylic acids is 1. The van der Waals surface area contributed by atoms with Crippen LogP contribution in [-0.4, -0.2) is 17.3 Å². The predicted molar refractivity (Wildman–Crippen MR) is 51.5 cm³/mol. The smallest absolute Gasteiger partial charge is 0.315 e. The molecule has 1 N–H and O–H groups in total. The monoisotopic (exact) mass is 214 g/mol. The van der Waals surface area contributed by atoms with E-state index in [0.29, 0.717) is 5.69 Å². The molecule has 0 saturated carbocycles. The van der Waals surface area contributed by atoms with Crippen LogP contribution >= 0.6 is 0 Å². The van der Waals surface area contributed by atoms with Gasteiger partial charge < -0.3 is 5.32 Å². The van der Waals surface area contributed by atoms with E-state index in [2.05, 4.69) is 10.3 Å². The largest absolute Gasteiger partial charge is 0.345 e. The maximum atomic E-state index is 11.9. The van der Waals surface area contributed by atoms with Crippen molar-refractivity contribution in [1.82, 2.24) is 10.3 Å². The van der Waals surface area contributed by atoms with E-state index in [9.17, 15) is 13.6 Å². The Balaban J connectivity index is 2.61. The summed E-state index contributed by atoms with van der Waals surface area (Å²) in [6.45, 7) is 1.99. The molecule has 5 heteroatoms. The number of amides is 1. The molecule has 1 aromatic rings. The normalized spacial score (nSPS) is 10.4. The van der Waals surface area contributed by atoms with Gasteiger partial charge in [0.2, 0.25) is 0 Å². The standard InChI is InChI=1S/C10H12F2N2O/c1-2-7-4-3-5-13-8(7)6-14-10(15)9(11)12/h3-5,9H,2,6H2,1H3,(H,14,15). The molecule has 15 heavy (non-hydrogen) atoms. The van der Waals surface area contributed by atoms with E-state index in [4.69, 9.17) is 0 Å². The van der Waals surface area contributed by atoms with Gasteiger partial charge in [0.15, 0.2) is 0 Å². The molecule has 0 unspecified atom stereocenters. The number of carbonyl (C=O) groups is 1. The van der Waals surface area contributed by atoms with Gasteiger partial charge in [-0.1, -0.05) is 13.0 Å². The van der Waals surface area contributed by atoms with Crippen molar-refractivity contribution in [3.05, 3.63) is 29.6 Å². The topological polar surface area (TPSA) is 42.0 Å². The molecule has 1 aromatic heterocycles. The van der Waals surface area contributed by atoms with Crippen LogP contribution in [-0.2, 0) is 17.8 Å². The third-order valence-electron chi connectivity index (χ3n) is 1.99.